The maximum Gasteiger partial charge on any atom is 0.299 e. The fourth-order valence-electron chi connectivity index (χ4n) is 1.35. The van der Waals surface area contributed by atoms with Crippen molar-refractivity contribution < 1.29 is 9.47 Å². The van der Waals surface area contributed by atoms with Crippen LogP contribution in [0.2, 0.25) is 0 Å². The van der Waals surface area contributed by atoms with Gasteiger partial charge in [0.25, 0.3) is 5.19 Å². The summed E-state index contributed by atoms with van der Waals surface area (Å²) in [5, 5.41) is 9.16. The lowest BCUT2D eigenvalue weighted by molar-refractivity contribution is 0.407. The zero-order valence-corrected chi connectivity index (χ0v) is 10.5. The van der Waals surface area contributed by atoms with Crippen molar-refractivity contribution in [3.8, 4) is 16.7 Å². The van der Waals surface area contributed by atoms with Gasteiger partial charge in [-0.05, 0) is 24.6 Å². The molecule has 0 aliphatic carbocycles. The third-order valence-corrected chi connectivity index (χ3v) is 2.84. The highest BCUT2D eigenvalue weighted by Gasteiger charge is 2.06. The van der Waals surface area contributed by atoms with Crippen LogP contribution in [0.15, 0.2) is 18.2 Å². The van der Waals surface area contributed by atoms with Gasteiger partial charge in [-0.15, -0.1) is 5.10 Å². The van der Waals surface area contributed by atoms with Crippen LogP contribution >= 0.6 is 11.3 Å². The number of aromatic nitrogens is 2. The molecule has 1 heterocycles. The van der Waals surface area contributed by atoms with Gasteiger partial charge in [-0.2, -0.15) is 0 Å². The molecular weight excluding hydrogens is 238 g/mol. The second-order valence-corrected chi connectivity index (χ2v) is 4.55. The smallest absolute Gasteiger partial charge is 0.299 e. The van der Waals surface area contributed by atoms with E-state index in [-0.39, 0.29) is 0 Å². The average Bonchev–Trinajstić information content (AvgIpc) is 2.74. The fraction of sp³-hybridized carbons (Fsp3) is 0.273. The van der Waals surface area contributed by atoms with Crippen molar-refractivity contribution in [1.82, 2.24) is 10.2 Å². The van der Waals surface area contributed by atoms with Crippen molar-refractivity contribution in [2.24, 2.45) is 5.73 Å². The number of rotatable bonds is 4. The van der Waals surface area contributed by atoms with E-state index in [1.54, 1.807) is 13.2 Å². The third kappa shape index (κ3) is 2.92. The quantitative estimate of drug-likeness (QED) is 0.901. The normalized spacial score (nSPS) is 10.3. The van der Waals surface area contributed by atoms with Gasteiger partial charge >= 0.3 is 0 Å². The number of ether oxygens (including phenoxy) is 2. The number of benzene rings is 1. The van der Waals surface area contributed by atoms with Gasteiger partial charge in [0.05, 0.1) is 7.11 Å². The minimum Gasteiger partial charge on any atom is -0.497 e. The Morgan fingerprint density at radius 2 is 2.00 bits per heavy atom. The van der Waals surface area contributed by atoms with Crippen LogP contribution in [0, 0.1) is 6.92 Å². The van der Waals surface area contributed by atoms with Crippen LogP contribution in [0.25, 0.3) is 0 Å². The highest BCUT2D eigenvalue weighted by molar-refractivity contribution is 7.13. The highest BCUT2D eigenvalue weighted by atomic mass is 32.1. The van der Waals surface area contributed by atoms with Crippen molar-refractivity contribution in [3.05, 3.63) is 28.8 Å². The molecule has 2 N–H and O–H groups in total. The number of aryl methyl sites for hydroxylation is 1. The number of methoxy groups -OCH3 is 1. The van der Waals surface area contributed by atoms with E-state index in [1.807, 2.05) is 19.1 Å². The first-order valence-electron chi connectivity index (χ1n) is 5.07. The van der Waals surface area contributed by atoms with Crippen LogP contribution in [0.4, 0.5) is 0 Å². The highest BCUT2D eigenvalue weighted by Crippen LogP contribution is 2.28. The number of hydrogen-bond donors (Lipinski definition) is 1. The molecule has 0 aliphatic heterocycles. The van der Waals surface area contributed by atoms with Gasteiger partial charge in [-0.3, -0.25) is 0 Å². The van der Waals surface area contributed by atoms with Crippen LogP contribution < -0.4 is 15.2 Å². The minimum absolute atomic E-state index is 0.433. The Morgan fingerprint density at radius 1 is 1.24 bits per heavy atom. The van der Waals surface area contributed by atoms with Gasteiger partial charge < -0.3 is 15.2 Å². The first kappa shape index (κ1) is 11.8. The molecule has 1 aromatic heterocycles. The molecular formula is C11H13N3O2S. The number of hydrogen-bond acceptors (Lipinski definition) is 6. The summed E-state index contributed by atoms with van der Waals surface area (Å²) in [5.41, 5.74) is 6.55. The van der Waals surface area contributed by atoms with E-state index in [9.17, 15) is 0 Å². The van der Waals surface area contributed by atoms with E-state index in [4.69, 9.17) is 15.2 Å². The Labute approximate surface area is 103 Å². The SMILES string of the molecule is COc1cc(CN)cc(Oc2nnc(C)s2)c1. The second kappa shape index (κ2) is 5.11. The standard InChI is InChI=1S/C11H13N3O2S/c1-7-13-14-11(17-7)16-10-4-8(6-12)3-9(5-10)15-2/h3-5H,6,12H2,1-2H3. The Balaban J connectivity index is 2.25. The lowest BCUT2D eigenvalue weighted by Gasteiger charge is -2.07. The Kier molecular flexibility index (Phi) is 3.55. The molecule has 0 saturated carbocycles. The molecule has 2 aromatic rings. The summed E-state index contributed by atoms with van der Waals surface area (Å²) < 4.78 is 10.8. The molecule has 0 fully saturated rings. The second-order valence-electron chi connectivity index (χ2n) is 3.41. The average molecular weight is 251 g/mol. The molecule has 5 nitrogen and oxygen atoms in total. The predicted molar refractivity (Wildman–Crippen MR) is 65.6 cm³/mol. The van der Waals surface area contributed by atoms with E-state index < -0.39 is 0 Å². The lowest BCUT2D eigenvalue weighted by Crippen LogP contribution is -1.97. The van der Waals surface area contributed by atoms with Crippen molar-refractivity contribution in [1.29, 1.82) is 0 Å². The van der Waals surface area contributed by atoms with Gasteiger partial charge in [-0.25, -0.2) is 0 Å². The van der Waals surface area contributed by atoms with E-state index in [2.05, 4.69) is 10.2 Å². The van der Waals surface area contributed by atoms with Crippen molar-refractivity contribution in [2.45, 2.75) is 13.5 Å². The van der Waals surface area contributed by atoms with Crippen molar-refractivity contribution in [3.63, 3.8) is 0 Å². The first-order chi connectivity index (χ1) is 8.21. The number of nitrogens with two attached hydrogens (primary N) is 1. The number of nitrogens with zero attached hydrogens (tertiary/aromatic N) is 2. The van der Waals surface area contributed by atoms with Crippen LogP contribution in [-0.2, 0) is 6.54 Å². The van der Waals surface area contributed by atoms with Crippen LogP contribution in [-0.4, -0.2) is 17.3 Å². The fourth-order valence-corrected chi connectivity index (χ4v) is 1.90. The van der Waals surface area contributed by atoms with Gasteiger partial charge in [-0.1, -0.05) is 16.4 Å². The molecule has 0 unspecified atom stereocenters. The van der Waals surface area contributed by atoms with Gasteiger partial charge in [0.1, 0.15) is 16.5 Å². The van der Waals surface area contributed by atoms with Gasteiger partial charge in [0, 0.05) is 12.6 Å². The molecule has 0 radical (unpaired) electrons. The van der Waals surface area contributed by atoms with Gasteiger partial charge in [0.2, 0.25) is 0 Å². The van der Waals surface area contributed by atoms with Crippen LogP contribution in [0.1, 0.15) is 10.6 Å². The molecule has 0 bridgehead atoms. The summed E-state index contributed by atoms with van der Waals surface area (Å²) in [5.74, 6) is 1.37. The zero-order chi connectivity index (χ0) is 12.3. The Hall–Kier alpha value is -1.66. The topological polar surface area (TPSA) is 70.3 Å². The zero-order valence-electron chi connectivity index (χ0n) is 9.64. The first-order valence-corrected chi connectivity index (χ1v) is 5.89. The molecule has 0 amide bonds. The molecule has 0 atom stereocenters. The summed E-state index contributed by atoms with van der Waals surface area (Å²) in [6, 6.07) is 5.52. The third-order valence-electron chi connectivity index (χ3n) is 2.12. The summed E-state index contributed by atoms with van der Waals surface area (Å²) in [4.78, 5) is 0. The summed E-state index contributed by atoms with van der Waals surface area (Å²) >= 11 is 1.39. The monoisotopic (exact) mass is 251 g/mol. The van der Waals surface area contributed by atoms with Crippen LogP contribution in [0.3, 0.4) is 0 Å². The van der Waals surface area contributed by atoms with E-state index >= 15 is 0 Å². The van der Waals surface area contributed by atoms with Gasteiger partial charge in [0.15, 0.2) is 0 Å². The van der Waals surface area contributed by atoms with E-state index in [1.165, 1.54) is 11.3 Å². The molecule has 90 valence electrons. The summed E-state index contributed by atoms with van der Waals surface area (Å²) in [6.07, 6.45) is 0. The predicted octanol–water partition coefficient (Wildman–Crippen LogP) is 2.11. The van der Waals surface area contributed by atoms with Crippen molar-refractivity contribution in [2.75, 3.05) is 7.11 Å². The maximum absolute atomic E-state index is 5.60. The largest absolute Gasteiger partial charge is 0.497 e. The molecule has 1 aromatic carbocycles. The minimum atomic E-state index is 0.433. The Morgan fingerprint density at radius 3 is 2.59 bits per heavy atom. The van der Waals surface area contributed by atoms with Crippen molar-refractivity contribution >= 4 is 11.3 Å². The van der Waals surface area contributed by atoms with Crippen LogP contribution in [0.5, 0.6) is 16.7 Å². The maximum atomic E-state index is 5.60. The summed E-state index contributed by atoms with van der Waals surface area (Å²) in [7, 11) is 1.61. The lowest BCUT2D eigenvalue weighted by atomic mass is 10.2. The molecule has 0 saturated heterocycles. The van der Waals surface area contributed by atoms with E-state index in [0.717, 1.165) is 10.6 Å². The summed E-state index contributed by atoms with van der Waals surface area (Å²) in [6.45, 7) is 2.31. The molecule has 0 aliphatic rings. The van der Waals surface area contributed by atoms with E-state index in [0.29, 0.717) is 23.2 Å². The molecule has 17 heavy (non-hydrogen) atoms. The Bertz CT molecular complexity index is 491. The molecule has 6 heteroatoms. The molecule has 2 rings (SSSR count). The molecule has 0 spiro atoms.